The fourth-order valence-corrected chi connectivity index (χ4v) is 10.1. The molecule has 1 aromatic carbocycles. The Morgan fingerprint density at radius 1 is 0.703 bits per heavy atom. The monoisotopic (exact) mass is 1040 g/mol. The number of phenols is 1. The van der Waals surface area contributed by atoms with Crippen LogP contribution < -0.4 is 43.0 Å². The van der Waals surface area contributed by atoms with Gasteiger partial charge in [-0.05, 0) is 127 Å². The number of carbonyl (C=O) groups is 7. The Hall–Kier alpha value is -4.81. The number of benzene rings is 1. The van der Waals surface area contributed by atoms with Crippen LogP contribution in [0, 0.1) is 11.8 Å². The molecule has 8 unspecified atom stereocenters. The zero-order chi connectivity index (χ0) is 54.4. The maximum Gasteiger partial charge on any atom is 0.245 e. The van der Waals surface area contributed by atoms with Crippen LogP contribution in [0.1, 0.15) is 176 Å². The number of likely N-dealkylation sites (N-methyl/N-ethyl adjacent to an activating group) is 1. The second kappa shape index (κ2) is 35.4. The van der Waals surface area contributed by atoms with Gasteiger partial charge in [-0.3, -0.25) is 33.6 Å². The number of rotatable bonds is 24. The molecule has 10 N–H and O–H groups in total. The van der Waals surface area contributed by atoms with Crippen LogP contribution in [0.25, 0.3) is 0 Å². The lowest BCUT2D eigenvalue weighted by atomic mass is 9.91. The van der Waals surface area contributed by atoms with Crippen molar-refractivity contribution in [2.45, 2.75) is 219 Å². The highest BCUT2D eigenvalue weighted by Gasteiger charge is 2.41. The minimum absolute atomic E-state index is 0.0883. The first kappa shape index (κ1) is 63.5. The van der Waals surface area contributed by atoms with E-state index in [4.69, 9.17) is 5.73 Å². The number of nitrogens with one attached hydrogen (secondary N) is 7. The van der Waals surface area contributed by atoms with Crippen LogP contribution in [0.5, 0.6) is 5.75 Å². The Labute approximate surface area is 443 Å². The molecule has 420 valence electrons. The maximum absolute atomic E-state index is 14.2. The number of amides is 7. The summed E-state index contributed by atoms with van der Waals surface area (Å²) in [5.41, 5.74) is 6.67. The third-order valence-electron chi connectivity index (χ3n) is 14.7. The molecule has 7 amide bonds. The van der Waals surface area contributed by atoms with Crippen molar-refractivity contribution < 1.29 is 38.7 Å². The molecule has 4 rings (SSSR count). The van der Waals surface area contributed by atoms with Gasteiger partial charge in [0.1, 0.15) is 42.0 Å². The quantitative estimate of drug-likeness (QED) is 0.0642. The van der Waals surface area contributed by atoms with Crippen LogP contribution in [0.4, 0.5) is 0 Å². The van der Waals surface area contributed by atoms with Gasteiger partial charge in [0.25, 0.3) is 0 Å². The second-order valence-corrected chi connectivity index (χ2v) is 21.4. The molecule has 18 nitrogen and oxygen atoms in total. The molecule has 1 aromatic rings. The first-order valence-corrected chi connectivity index (χ1v) is 28.5. The molecule has 3 aliphatic rings. The summed E-state index contributed by atoms with van der Waals surface area (Å²) in [6, 6.07) is 1.40. The summed E-state index contributed by atoms with van der Waals surface area (Å²) in [6.45, 7) is 16.1. The molecule has 0 saturated carbocycles. The third kappa shape index (κ3) is 23.0. The van der Waals surface area contributed by atoms with E-state index in [1.165, 1.54) is 54.0 Å². The predicted molar refractivity (Wildman–Crippen MR) is 292 cm³/mol. The largest absolute Gasteiger partial charge is 0.508 e. The van der Waals surface area contributed by atoms with Crippen LogP contribution in [0.3, 0.4) is 0 Å². The van der Waals surface area contributed by atoms with Crippen molar-refractivity contribution >= 4 is 41.4 Å². The van der Waals surface area contributed by atoms with Crippen molar-refractivity contribution in [3.05, 3.63) is 29.8 Å². The van der Waals surface area contributed by atoms with Crippen molar-refractivity contribution in [1.82, 2.24) is 47.0 Å². The Bertz CT molecular complexity index is 1850. The molecule has 0 aliphatic carbocycles. The highest BCUT2D eigenvalue weighted by molar-refractivity contribution is 5.97. The summed E-state index contributed by atoms with van der Waals surface area (Å²) in [5.74, 6) is -1.50. The molecular weight excluding hydrogens is 941 g/mol. The van der Waals surface area contributed by atoms with E-state index in [0.29, 0.717) is 64.0 Å². The summed E-state index contributed by atoms with van der Waals surface area (Å²) in [7, 11) is 1.96. The number of phenolic OH excluding ortho intramolecular Hbond substituents is 1. The van der Waals surface area contributed by atoms with Gasteiger partial charge in [-0.25, -0.2) is 0 Å². The van der Waals surface area contributed by atoms with Crippen LogP contribution in [-0.4, -0.2) is 145 Å². The Kier molecular flexibility index (Phi) is 30.4. The Morgan fingerprint density at radius 2 is 1.31 bits per heavy atom. The van der Waals surface area contributed by atoms with Crippen molar-refractivity contribution in [2.75, 3.05) is 46.3 Å². The van der Waals surface area contributed by atoms with Gasteiger partial charge in [0, 0.05) is 45.2 Å². The van der Waals surface area contributed by atoms with E-state index in [1.807, 2.05) is 7.05 Å². The SMILES string of the molecule is CCC(C)CC(C)CCCCCCCCC(=O)NC1CCCNC(=O)C2CCCN2C(=O)C(CCCN)NC(=O)C(CCc2ccc(O)cc2)NC(=O)C2CCCN2C(=O)C(CC)NC1=O.CNCCNC(C)C. The smallest absolute Gasteiger partial charge is 0.245 e. The highest BCUT2D eigenvalue weighted by Crippen LogP contribution is 2.24. The van der Waals surface area contributed by atoms with Gasteiger partial charge in [0.05, 0.1) is 0 Å². The molecule has 0 bridgehead atoms. The van der Waals surface area contributed by atoms with Crippen molar-refractivity contribution in [1.29, 1.82) is 0 Å². The summed E-state index contributed by atoms with van der Waals surface area (Å²) in [5, 5.41) is 30.7. The molecule has 0 radical (unpaired) electrons. The fraction of sp³-hybridized carbons (Fsp3) is 0.768. The molecule has 8 atom stereocenters. The number of nitrogens with two attached hydrogens (primary N) is 1. The maximum atomic E-state index is 14.2. The number of unbranched alkanes of at least 4 members (excludes halogenated alkanes) is 5. The second-order valence-electron chi connectivity index (χ2n) is 21.4. The summed E-state index contributed by atoms with van der Waals surface area (Å²) in [4.78, 5) is 101. The van der Waals surface area contributed by atoms with E-state index in [0.717, 1.165) is 49.8 Å². The molecular formula is C56H98N10O8. The molecule has 74 heavy (non-hydrogen) atoms. The lowest BCUT2D eigenvalue weighted by Gasteiger charge is -2.31. The third-order valence-corrected chi connectivity index (χ3v) is 14.7. The average Bonchev–Trinajstić information content (AvgIpc) is 4.09. The Morgan fingerprint density at radius 3 is 1.93 bits per heavy atom. The number of aromatic hydroxyl groups is 1. The van der Waals surface area contributed by atoms with Gasteiger partial charge in [-0.15, -0.1) is 0 Å². The van der Waals surface area contributed by atoms with E-state index in [1.54, 1.807) is 19.1 Å². The van der Waals surface area contributed by atoms with Crippen LogP contribution >= 0.6 is 0 Å². The van der Waals surface area contributed by atoms with Crippen molar-refractivity contribution in [3.63, 3.8) is 0 Å². The molecule has 0 spiro atoms. The van der Waals surface area contributed by atoms with Gasteiger partial charge < -0.3 is 57.9 Å². The van der Waals surface area contributed by atoms with Crippen LogP contribution in [-0.2, 0) is 40.0 Å². The number of hydrogen-bond donors (Lipinski definition) is 9. The van der Waals surface area contributed by atoms with Gasteiger partial charge in [0.15, 0.2) is 0 Å². The minimum atomic E-state index is -1.10. The topological polar surface area (TPSA) is 256 Å². The van der Waals surface area contributed by atoms with Crippen molar-refractivity contribution in [2.24, 2.45) is 17.6 Å². The zero-order valence-corrected chi connectivity index (χ0v) is 46.4. The molecule has 3 heterocycles. The molecule has 0 aromatic heterocycles. The summed E-state index contributed by atoms with van der Waals surface area (Å²) >= 11 is 0. The van der Waals surface area contributed by atoms with E-state index >= 15 is 0 Å². The van der Waals surface area contributed by atoms with Crippen molar-refractivity contribution in [3.8, 4) is 5.75 Å². The lowest BCUT2D eigenvalue weighted by Crippen LogP contribution is -2.59. The van der Waals surface area contributed by atoms with Crippen LogP contribution in [0.15, 0.2) is 24.3 Å². The van der Waals surface area contributed by atoms with E-state index in [2.05, 4.69) is 71.8 Å². The average molecular weight is 1040 g/mol. The Balaban J connectivity index is 0.00000166. The number of hydrogen-bond acceptors (Lipinski definition) is 11. The van der Waals surface area contributed by atoms with E-state index < -0.39 is 65.8 Å². The van der Waals surface area contributed by atoms with Gasteiger partial charge >= 0.3 is 0 Å². The van der Waals surface area contributed by atoms with E-state index in [-0.39, 0.29) is 69.3 Å². The van der Waals surface area contributed by atoms with E-state index in [9.17, 15) is 38.7 Å². The number of carbonyl (C=O) groups excluding carboxylic acids is 7. The highest BCUT2D eigenvalue weighted by atomic mass is 16.3. The normalized spacial score (nSPS) is 23.3. The van der Waals surface area contributed by atoms with Crippen LogP contribution in [0.2, 0.25) is 0 Å². The summed E-state index contributed by atoms with van der Waals surface area (Å²) in [6.07, 6.45) is 14.0. The minimum Gasteiger partial charge on any atom is -0.508 e. The first-order chi connectivity index (χ1) is 35.5. The summed E-state index contributed by atoms with van der Waals surface area (Å²) < 4.78 is 0. The molecule has 3 saturated heterocycles. The first-order valence-electron chi connectivity index (χ1n) is 28.5. The number of aryl methyl sites for hydroxylation is 1. The van der Waals surface area contributed by atoms with Gasteiger partial charge in [-0.1, -0.05) is 98.6 Å². The molecule has 18 heteroatoms. The van der Waals surface area contributed by atoms with Gasteiger partial charge in [-0.2, -0.15) is 0 Å². The lowest BCUT2D eigenvalue weighted by molar-refractivity contribution is -0.143. The molecule has 3 aliphatic heterocycles. The van der Waals surface area contributed by atoms with Gasteiger partial charge in [0.2, 0.25) is 41.4 Å². The standard InChI is InChI=1S/C50H82N8O8.C6H16N2/c1-5-34(3)33-35(4)17-11-9-7-8-10-12-22-44(60)53-39-19-14-30-52-47(63)42-20-15-31-57(42)50(66)41(18-13-29-51)56-46(62)40(28-25-36-23-26-37(59)27-24-36)55-48(64)43-21-16-32-58(43)49(65)38(6-2)54-45(39)61;1-6(2)8-5-4-7-3/h23-24,26-27,34-35,38-43,59H,5-22,25,28-33,51H2,1-4H3,(H,52,63)(H,53,60)(H,54,61)(H,55,64)(H,56,62);6-8H,4-5H2,1-3H3. The number of nitrogens with zero attached hydrogens (tertiary/aromatic N) is 2. The molecule has 3 fully saturated rings. The number of fused-ring (bicyclic) bond motifs is 2. The zero-order valence-electron chi connectivity index (χ0n) is 46.4. The fourth-order valence-electron chi connectivity index (χ4n) is 10.1. The predicted octanol–water partition coefficient (Wildman–Crippen LogP) is 4.70.